The number of piperazine rings is 1. The lowest BCUT2D eigenvalue weighted by Crippen LogP contribution is -2.55. The Balaban J connectivity index is 1.36. The van der Waals surface area contributed by atoms with Gasteiger partial charge in [-0.2, -0.15) is 0 Å². The molecule has 1 aliphatic carbocycles. The molecule has 3 fully saturated rings. The lowest BCUT2D eigenvalue weighted by molar-refractivity contribution is -0.140. The van der Waals surface area contributed by atoms with Crippen LogP contribution >= 0.6 is 0 Å². The summed E-state index contributed by atoms with van der Waals surface area (Å²) in [6, 6.07) is 3.91. The van der Waals surface area contributed by atoms with Crippen LogP contribution in [-0.4, -0.2) is 71.7 Å². The highest BCUT2D eigenvalue weighted by molar-refractivity contribution is 6.09. The van der Waals surface area contributed by atoms with Crippen LogP contribution in [0.3, 0.4) is 0 Å². The molecule has 3 aliphatic rings. The number of halogens is 1. The largest absolute Gasteiger partial charge is 0.366 e. The van der Waals surface area contributed by atoms with Gasteiger partial charge >= 0.3 is 6.03 Å². The van der Waals surface area contributed by atoms with E-state index in [2.05, 4.69) is 5.32 Å². The summed E-state index contributed by atoms with van der Waals surface area (Å²) in [5.74, 6) is -1.21. The Morgan fingerprint density at radius 1 is 1.16 bits per heavy atom. The van der Waals surface area contributed by atoms with Gasteiger partial charge in [0.2, 0.25) is 5.91 Å². The third-order valence-electron chi connectivity index (χ3n) is 7.12. The molecule has 2 unspecified atom stereocenters. The number of nitrogens with one attached hydrogen (secondary N) is 1. The zero-order chi connectivity index (χ0) is 23.0. The number of anilines is 1. The van der Waals surface area contributed by atoms with Crippen LogP contribution in [-0.2, 0) is 9.59 Å². The molecule has 1 N–H and O–H groups in total. The van der Waals surface area contributed by atoms with Crippen LogP contribution in [0, 0.1) is 11.7 Å². The monoisotopic (exact) mass is 444 g/mol. The maximum atomic E-state index is 14.4. The number of Topliss-reactive ketones (excluding diaryl/α,β-unsaturated/α-hetero) is 1. The molecule has 0 bridgehead atoms. The van der Waals surface area contributed by atoms with Crippen molar-refractivity contribution < 1.29 is 23.6 Å². The molecule has 1 aromatic rings. The Labute approximate surface area is 186 Å². The molecule has 0 aromatic heterocycles. The van der Waals surface area contributed by atoms with Gasteiger partial charge < -0.3 is 15.1 Å². The van der Waals surface area contributed by atoms with E-state index in [1.165, 1.54) is 13.0 Å². The highest BCUT2D eigenvalue weighted by atomic mass is 19.1. The van der Waals surface area contributed by atoms with Crippen LogP contribution in [0.4, 0.5) is 14.9 Å². The zero-order valence-electron chi connectivity index (χ0n) is 18.5. The summed E-state index contributed by atoms with van der Waals surface area (Å²) in [6.07, 6.45) is 3.40. The van der Waals surface area contributed by atoms with E-state index in [-0.39, 0.29) is 30.1 Å². The van der Waals surface area contributed by atoms with E-state index in [0.29, 0.717) is 43.9 Å². The van der Waals surface area contributed by atoms with Gasteiger partial charge in [-0.05, 0) is 43.9 Å². The van der Waals surface area contributed by atoms with Crippen molar-refractivity contribution in [1.82, 2.24) is 15.1 Å². The molecule has 8 nitrogen and oxygen atoms in total. The van der Waals surface area contributed by atoms with Gasteiger partial charge in [0.25, 0.3) is 5.91 Å². The van der Waals surface area contributed by atoms with Crippen molar-refractivity contribution in [3.63, 3.8) is 0 Å². The Morgan fingerprint density at radius 3 is 2.50 bits per heavy atom. The summed E-state index contributed by atoms with van der Waals surface area (Å²) in [5, 5.41) is 2.87. The number of benzene rings is 1. The van der Waals surface area contributed by atoms with E-state index in [4.69, 9.17) is 0 Å². The third kappa shape index (κ3) is 3.84. The van der Waals surface area contributed by atoms with E-state index in [0.717, 1.165) is 24.2 Å². The molecule has 9 heteroatoms. The minimum atomic E-state index is -0.877. The van der Waals surface area contributed by atoms with Crippen LogP contribution in [0.1, 0.15) is 49.9 Å². The van der Waals surface area contributed by atoms with Crippen molar-refractivity contribution in [2.24, 2.45) is 5.92 Å². The summed E-state index contributed by atoms with van der Waals surface area (Å²) < 4.78 is 14.4. The Kier molecular flexibility index (Phi) is 5.92. The predicted octanol–water partition coefficient (Wildman–Crippen LogP) is 2.18. The molecule has 172 valence electrons. The first kappa shape index (κ1) is 22.2. The van der Waals surface area contributed by atoms with Crippen molar-refractivity contribution in [2.75, 3.05) is 37.6 Å². The average Bonchev–Trinajstić information content (AvgIpc) is 3.00. The van der Waals surface area contributed by atoms with Crippen LogP contribution in [0.5, 0.6) is 0 Å². The fourth-order valence-corrected chi connectivity index (χ4v) is 5.05. The van der Waals surface area contributed by atoms with Gasteiger partial charge in [0.05, 0.1) is 5.69 Å². The summed E-state index contributed by atoms with van der Waals surface area (Å²) in [6.45, 7) is 4.65. The molecular formula is C23H29FN4O4. The number of amides is 4. The summed E-state index contributed by atoms with van der Waals surface area (Å²) in [4.78, 5) is 54.4. The van der Waals surface area contributed by atoms with Gasteiger partial charge in [-0.15, -0.1) is 0 Å². The van der Waals surface area contributed by atoms with Crippen molar-refractivity contribution in [3.05, 3.63) is 29.6 Å². The predicted molar refractivity (Wildman–Crippen MR) is 116 cm³/mol. The Hall–Kier alpha value is -2.97. The molecule has 0 radical (unpaired) electrons. The Bertz CT molecular complexity index is 959. The van der Waals surface area contributed by atoms with E-state index in [1.54, 1.807) is 17.0 Å². The SMILES string of the molecule is CC(=O)c1ccc(N2CCN(C(=O)CN3C(=O)NC4(CCCCC4C)C3=O)CC2)c(F)c1. The number of nitrogens with zero attached hydrogens (tertiary/aromatic N) is 3. The maximum absolute atomic E-state index is 14.4. The molecule has 4 rings (SSSR count). The summed E-state index contributed by atoms with van der Waals surface area (Å²) in [7, 11) is 0. The molecule has 1 spiro atoms. The lowest BCUT2D eigenvalue weighted by atomic mass is 9.73. The normalized spacial score (nSPS) is 26.0. The molecule has 2 aliphatic heterocycles. The van der Waals surface area contributed by atoms with Gasteiger partial charge in [0.1, 0.15) is 17.9 Å². The van der Waals surface area contributed by atoms with Gasteiger partial charge in [0, 0.05) is 31.7 Å². The molecule has 1 aromatic carbocycles. The van der Waals surface area contributed by atoms with E-state index >= 15 is 0 Å². The molecule has 4 amide bonds. The number of imide groups is 1. The zero-order valence-corrected chi connectivity index (χ0v) is 18.5. The van der Waals surface area contributed by atoms with Crippen molar-refractivity contribution >= 4 is 29.3 Å². The Morgan fingerprint density at radius 2 is 1.88 bits per heavy atom. The summed E-state index contributed by atoms with van der Waals surface area (Å²) >= 11 is 0. The number of urea groups is 1. The second-order valence-corrected chi connectivity index (χ2v) is 9.03. The minimum absolute atomic E-state index is 0.0423. The number of hydrogen-bond donors (Lipinski definition) is 1. The molecule has 2 atom stereocenters. The molecular weight excluding hydrogens is 415 g/mol. The molecule has 2 heterocycles. The van der Waals surface area contributed by atoms with Crippen LogP contribution in [0.25, 0.3) is 0 Å². The number of ketones is 1. The number of hydrogen-bond acceptors (Lipinski definition) is 5. The second-order valence-electron chi connectivity index (χ2n) is 9.03. The summed E-state index contributed by atoms with van der Waals surface area (Å²) in [5.41, 5.74) is -0.166. The highest BCUT2D eigenvalue weighted by Gasteiger charge is 2.55. The standard InChI is InChI=1S/C23H29FN4O4/c1-15-5-3-4-8-23(15)21(31)28(22(32)25-23)14-20(30)27-11-9-26(10-12-27)19-7-6-17(16(2)29)13-18(19)24/h6-7,13,15H,3-5,8-12,14H2,1-2H3,(H,25,32). The van der Waals surface area contributed by atoms with Crippen molar-refractivity contribution in [3.8, 4) is 0 Å². The van der Waals surface area contributed by atoms with Crippen LogP contribution in [0.2, 0.25) is 0 Å². The first-order valence-electron chi connectivity index (χ1n) is 11.2. The van der Waals surface area contributed by atoms with E-state index in [1.807, 2.05) is 11.8 Å². The number of carbonyl (C=O) groups excluding carboxylic acids is 4. The number of rotatable bonds is 4. The van der Waals surface area contributed by atoms with E-state index in [9.17, 15) is 23.6 Å². The first-order valence-corrected chi connectivity index (χ1v) is 11.2. The maximum Gasteiger partial charge on any atom is 0.325 e. The van der Waals surface area contributed by atoms with Crippen molar-refractivity contribution in [1.29, 1.82) is 0 Å². The highest BCUT2D eigenvalue weighted by Crippen LogP contribution is 2.38. The first-order chi connectivity index (χ1) is 15.2. The average molecular weight is 445 g/mol. The quantitative estimate of drug-likeness (QED) is 0.568. The van der Waals surface area contributed by atoms with E-state index < -0.39 is 17.4 Å². The molecule has 2 saturated heterocycles. The fourth-order valence-electron chi connectivity index (χ4n) is 5.05. The third-order valence-corrected chi connectivity index (χ3v) is 7.12. The molecule has 1 saturated carbocycles. The van der Waals surface area contributed by atoms with Crippen LogP contribution < -0.4 is 10.2 Å². The molecule has 32 heavy (non-hydrogen) atoms. The lowest BCUT2D eigenvalue weighted by Gasteiger charge is -2.37. The fraction of sp³-hybridized carbons (Fsp3) is 0.565. The van der Waals surface area contributed by atoms with Gasteiger partial charge in [-0.25, -0.2) is 9.18 Å². The minimum Gasteiger partial charge on any atom is -0.366 e. The van der Waals surface area contributed by atoms with Gasteiger partial charge in [0.15, 0.2) is 5.78 Å². The number of carbonyl (C=O) groups is 4. The van der Waals surface area contributed by atoms with Crippen LogP contribution in [0.15, 0.2) is 18.2 Å². The second kappa shape index (κ2) is 8.52. The van der Waals surface area contributed by atoms with Gasteiger partial charge in [-0.1, -0.05) is 19.8 Å². The van der Waals surface area contributed by atoms with Crippen molar-refractivity contribution in [2.45, 2.75) is 45.1 Å². The van der Waals surface area contributed by atoms with Gasteiger partial charge in [-0.3, -0.25) is 19.3 Å². The topological polar surface area (TPSA) is 90.0 Å². The smallest absolute Gasteiger partial charge is 0.325 e.